The summed E-state index contributed by atoms with van der Waals surface area (Å²) in [5.41, 5.74) is 2.04. The molecule has 0 saturated heterocycles. The van der Waals surface area contributed by atoms with E-state index in [0.717, 1.165) is 11.3 Å². The third-order valence-corrected chi connectivity index (χ3v) is 1.56. The number of aryl methyl sites for hydroxylation is 1. The van der Waals surface area contributed by atoms with Gasteiger partial charge in [-0.1, -0.05) is 13.8 Å². The number of hydrogen-bond acceptors (Lipinski definition) is 2. The third-order valence-electron chi connectivity index (χ3n) is 1.17. The van der Waals surface area contributed by atoms with Crippen LogP contribution in [0.1, 0.15) is 25.1 Å². The van der Waals surface area contributed by atoms with Crippen LogP contribution in [0.4, 0.5) is 0 Å². The molecule has 58 valence electrons. The van der Waals surface area contributed by atoms with E-state index < -0.39 is 0 Å². The summed E-state index contributed by atoms with van der Waals surface area (Å²) in [6.07, 6.45) is 0. The third kappa shape index (κ3) is 1.99. The molecule has 0 atom stereocenters. The van der Waals surface area contributed by atoms with E-state index in [1.165, 1.54) is 0 Å². The van der Waals surface area contributed by atoms with Gasteiger partial charge >= 0.3 is 0 Å². The van der Waals surface area contributed by atoms with E-state index in [-0.39, 0.29) is 0 Å². The van der Waals surface area contributed by atoms with Gasteiger partial charge in [0.2, 0.25) is 4.71 Å². The van der Waals surface area contributed by atoms with E-state index in [1.807, 2.05) is 27.7 Å². The Labute approximate surface area is 66.2 Å². The van der Waals surface area contributed by atoms with Crippen LogP contribution in [-0.2, 0) is 0 Å². The van der Waals surface area contributed by atoms with Crippen molar-refractivity contribution < 1.29 is 4.52 Å². The highest BCUT2D eigenvalue weighted by atomic mass is 32.1. The summed E-state index contributed by atoms with van der Waals surface area (Å²) >= 11 is 4.78. The Hall–Kier alpha value is -0.570. The number of hydrogen-bond donors (Lipinski definition) is 1. The van der Waals surface area contributed by atoms with Crippen LogP contribution in [0.2, 0.25) is 0 Å². The summed E-state index contributed by atoms with van der Waals surface area (Å²) in [6.45, 7) is 7.85. The van der Waals surface area contributed by atoms with Gasteiger partial charge < -0.3 is 4.52 Å². The lowest BCUT2D eigenvalue weighted by molar-refractivity contribution is 0.403. The van der Waals surface area contributed by atoms with Crippen LogP contribution in [0.15, 0.2) is 4.52 Å². The number of aromatic amines is 1. The fourth-order valence-electron chi connectivity index (χ4n) is 0.429. The van der Waals surface area contributed by atoms with Gasteiger partial charge in [0.25, 0.3) is 0 Å². The first kappa shape index (κ1) is 9.43. The summed E-state index contributed by atoms with van der Waals surface area (Å²) in [7, 11) is 0. The van der Waals surface area contributed by atoms with Crippen LogP contribution in [0, 0.1) is 18.6 Å². The van der Waals surface area contributed by atoms with Gasteiger partial charge in [-0.15, -0.1) is 0 Å². The van der Waals surface area contributed by atoms with Crippen molar-refractivity contribution in [2.75, 3.05) is 0 Å². The monoisotopic (exact) mass is 159 g/mol. The maximum Gasteiger partial charge on any atom is 0.223 e. The van der Waals surface area contributed by atoms with Crippen LogP contribution in [-0.4, -0.2) is 5.16 Å². The molecule has 0 aliphatic carbocycles. The van der Waals surface area contributed by atoms with Crippen molar-refractivity contribution >= 4 is 12.2 Å². The molecule has 0 unspecified atom stereocenters. The van der Waals surface area contributed by atoms with Gasteiger partial charge in [0.1, 0.15) is 0 Å². The molecule has 0 saturated carbocycles. The zero-order valence-corrected chi connectivity index (χ0v) is 7.63. The zero-order valence-electron chi connectivity index (χ0n) is 6.82. The molecule has 0 bridgehead atoms. The van der Waals surface area contributed by atoms with Crippen molar-refractivity contribution in [2.45, 2.75) is 27.7 Å². The number of aromatic nitrogens is 1. The van der Waals surface area contributed by atoms with Crippen LogP contribution in [0.5, 0.6) is 0 Å². The van der Waals surface area contributed by atoms with Crippen molar-refractivity contribution in [3.8, 4) is 0 Å². The molecule has 0 aliphatic rings. The summed E-state index contributed by atoms with van der Waals surface area (Å²) < 4.78 is 5.34. The second-order valence-electron chi connectivity index (χ2n) is 1.74. The highest BCUT2D eigenvalue weighted by Gasteiger charge is 1.94. The molecule has 2 nitrogen and oxygen atoms in total. The molecule has 0 amide bonds. The minimum Gasteiger partial charge on any atom is -0.370 e. The Balaban J connectivity index is 0.000000371. The lowest BCUT2D eigenvalue weighted by Crippen LogP contribution is -1.70. The second kappa shape index (κ2) is 4.28. The lowest BCUT2D eigenvalue weighted by Gasteiger charge is -1.76. The average molecular weight is 159 g/mol. The van der Waals surface area contributed by atoms with Crippen LogP contribution >= 0.6 is 12.2 Å². The first-order chi connectivity index (χ1) is 4.72. The Morgan fingerprint density at radius 2 is 1.80 bits per heavy atom. The van der Waals surface area contributed by atoms with E-state index in [9.17, 15) is 0 Å². The molecule has 1 rings (SSSR count). The normalized spacial score (nSPS) is 8.40. The molecule has 0 spiro atoms. The van der Waals surface area contributed by atoms with Gasteiger partial charge in [0.05, 0.1) is 5.69 Å². The van der Waals surface area contributed by atoms with Gasteiger partial charge in [-0.25, -0.2) is 5.16 Å². The fraction of sp³-hybridized carbons (Fsp3) is 0.571. The number of nitrogens with one attached hydrogen (secondary N) is 1. The van der Waals surface area contributed by atoms with Gasteiger partial charge in [-0.3, -0.25) is 0 Å². The van der Waals surface area contributed by atoms with Crippen LogP contribution in [0.3, 0.4) is 0 Å². The fourth-order valence-corrected chi connectivity index (χ4v) is 0.624. The maximum absolute atomic E-state index is 4.78. The molecule has 0 radical (unpaired) electrons. The smallest absolute Gasteiger partial charge is 0.223 e. The van der Waals surface area contributed by atoms with Gasteiger partial charge in [0.15, 0.2) is 0 Å². The minimum atomic E-state index is 0.558. The summed E-state index contributed by atoms with van der Waals surface area (Å²) in [4.78, 5) is 0. The first-order valence-corrected chi connectivity index (χ1v) is 3.77. The molecule has 0 aromatic carbocycles. The maximum atomic E-state index is 4.78. The zero-order chi connectivity index (χ0) is 8.15. The van der Waals surface area contributed by atoms with E-state index in [4.69, 9.17) is 16.7 Å². The summed E-state index contributed by atoms with van der Waals surface area (Å²) in [5, 5.41) is 2.66. The van der Waals surface area contributed by atoms with Crippen LogP contribution < -0.4 is 0 Å². The van der Waals surface area contributed by atoms with E-state index in [2.05, 4.69) is 5.16 Å². The minimum absolute atomic E-state index is 0.558. The van der Waals surface area contributed by atoms with Crippen molar-refractivity contribution in [2.24, 2.45) is 0 Å². The van der Waals surface area contributed by atoms with E-state index in [1.54, 1.807) is 0 Å². The van der Waals surface area contributed by atoms with Crippen molar-refractivity contribution in [3.63, 3.8) is 0 Å². The molecule has 1 heterocycles. The first-order valence-electron chi connectivity index (χ1n) is 3.36. The van der Waals surface area contributed by atoms with Gasteiger partial charge in [0, 0.05) is 5.56 Å². The summed E-state index contributed by atoms with van der Waals surface area (Å²) in [5.74, 6) is 0. The van der Waals surface area contributed by atoms with Gasteiger partial charge in [-0.05, 0) is 26.1 Å². The molecule has 3 heteroatoms. The quantitative estimate of drug-likeness (QED) is 0.589. The molecule has 0 aliphatic heterocycles. The Bertz CT molecular complexity index is 236. The molecular weight excluding hydrogens is 146 g/mol. The molecule has 1 aromatic rings. The second-order valence-corrected chi connectivity index (χ2v) is 2.11. The van der Waals surface area contributed by atoms with Crippen molar-refractivity contribution in [3.05, 3.63) is 16.0 Å². The molecule has 1 aromatic heterocycles. The molecule has 10 heavy (non-hydrogen) atoms. The molecular formula is C7H13NOS. The van der Waals surface area contributed by atoms with E-state index >= 15 is 0 Å². The average Bonchev–Trinajstić information content (AvgIpc) is 2.25. The largest absolute Gasteiger partial charge is 0.370 e. The highest BCUT2D eigenvalue weighted by molar-refractivity contribution is 7.71. The van der Waals surface area contributed by atoms with Crippen molar-refractivity contribution in [1.82, 2.24) is 5.16 Å². The van der Waals surface area contributed by atoms with Gasteiger partial charge in [-0.2, -0.15) is 0 Å². The van der Waals surface area contributed by atoms with Crippen LogP contribution in [0.25, 0.3) is 0 Å². The van der Waals surface area contributed by atoms with E-state index in [0.29, 0.717) is 4.71 Å². The van der Waals surface area contributed by atoms with Crippen molar-refractivity contribution in [1.29, 1.82) is 0 Å². The number of H-pyrrole nitrogens is 1. The molecule has 1 N–H and O–H groups in total. The Morgan fingerprint density at radius 1 is 1.30 bits per heavy atom. The number of rotatable bonds is 0. The summed E-state index contributed by atoms with van der Waals surface area (Å²) in [6, 6.07) is 0. The Morgan fingerprint density at radius 3 is 1.90 bits per heavy atom. The predicted molar refractivity (Wildman–Crippen MR) is 44.7 cm³/mol. The standard InChI is InChI=1S/C5H7NOS.C2H6/c1-3-4(2)6-7-5(3)8;1-2/h6H,1-2H3;1-2H3. The topological polar surface area (TPSA) is 28.9 Å². The SMILES string of the molecule is CC.Cc1[nH]oc(=S)c1C. The highest BCUT2D eigenvalue weighted by Crippen LogP contribution is 2.04. The lowest BCUT2D eigenvalue weighted by atomic mass is 10.3. The predicted octanol–water partition coefficient (Wildman–Crippen LogP) is 2.98. The Kier molecular flexibility index (Phi) is 4.03. The molecule has 0 fully saturated rings.